The average molecular weight is 414 g/mol. The van der Waals surface area contributed by atoms with E-state index in [-0.39, 0.29) is 24.4 Å². The molecule has 1 N–H and O–H groups in total. The van der Waals surface area contributed by atoms with Gasteiger partial charge in [-0.15, -0.1) is 0 Å². The van der Waals surface area contributed by atoms with Crippen LogP contribution in [0.15, 0.2) is 42.6 Å². The lowest BCUT2D eigenvalue weighted by molar-refractivity contribution is -0.144. The van der Waals surface area contributed by atoms with Gasteiger partial charge in [0.1, 0.15) is 6.54 Å². The van der Waals surface area contributed by atoms with Gasteiger partial charge in [-0.25, -0.2) is 0 Å². The second-order valence-electron chi connectivity index (χ2n) is 8.30. The Hall–Kier alpha value is -2.27. The molecule has 2 aliphatic rings. The fourth-order valence-corrected chi connectivity index (χ4v) is 4.71. The molecule has 1 aliphatic heterocycles. The Kier molecular flexibility index (Phi) is 5.95. The molecule has 4 rings (SSSR count). The van der Waals surface area contributed by atoms with Crippen LogP contribution in [0.1, 0.15) is 49.9 Å². The Morgan fingerprint density at radius 2 is 1.93 bits per heavy atom. The Morgan fingerprint density at radius 1 is 1.17 bits per heavy atom. The molecular formula is C23H28ClN3O2. The van der Waals surface area contributed by atoms with Gasteiger partial charge in [0.05, 0.1) is 5.69 Å². The molecule has 0 radical (unpaired) electrons. The number of carbonyl (C=O) groups is 2. The van der Waals surface area contributed by atoms with Gasteiger partial charge in [-0.1, -0.05) is 43.5 Å². The maximum Gasteiger partial charge on any atom is 0.249 e. The van der Waals surface area contributed by atoms with Crippen LogP contribution in [0, 0.1) is 5.92 Å². The van der Waals surface area contributed by atoms with Crippen LogP contribution >= 0.6 is 11.6 Å². The summed E-state index contributed by atoms with van der Waals surface area (Å²) < 4.78 is 1.90. The molecule has 3 unspecified atom stereocenters. The lowest BCUT2D eigenvalue weighted by atomic mass is 9.85. The number of halogens is 1. The first-order chi connectivity index (χ1) is 14.0. The van der Waals surface area contributed by atoms with Gasteiger partial charge >= 0.3 is 0 Å². The van der Waals surface area contributed by atoms with Gasteiger partial charge in [0.2, 0.25) is 11.8 Å². The van der Waals surface area contributed by atoms with Gasteiger partial charge in [0, 0.05) is 23.8 Å². The first-order valence-corrected chi connectivity index (χ1v) is 10.9. The smallest absolute Gasteiger partial charge is 0.249 e. The summed E-state index contributed by atoms with van der Waals surface area (Å²) in [6.07, 6.45) is 7.10. The summed E-state index contributed by atoms with van der Waals surface area (Å²) in [6, 6.07) is 11.1. The maximum atomic E-state index is 13.3. The van der Waals surface area contributed by atoms with E-state index in [2.05, 4.69) is 12.2 Å². The average Bonchev–Trinajstić information content (AvgIpc) is 3.16. The normalized spacial score (nSPS) is 24.3. The van der Waals surface area contributed by atoms with Crippen molar-refractivity contribution < 1.29 is 9.59 Å². The molecule has 1 aromatic heterocycles. The van der Waals surface area contributed by atoms with Crippen molar-refractivity contribution in [2.75, 3.05) is 6.54 Å². The third-order valence-electron chi connectivity index (χ3n) is 6.32. The number of nitrogens with zero attached hydrogens (tertiary/aromatic N) is 2. The molecule has 6 heteroatoms. The minimum absolute atomic E-state index is 0.0143. The topological polar surface area (TPSA) is 54.3 Å². The Morgan fingerprint density at radius 3 is 2.69 bits per heavy atom. The molecule has 1 saturated carbocycles. The molecular weight excluding hydrogens is 386 g/mol. The predicted molar refractivity (Wildman–Crippen MR) is 114 cm³/mol. The molecule has 1 aliphatic carbocycles. The fraction of sp³-hybridized carbons (Fsp3) is 0.478. The summed E-state index contributed by atoms with van der Waals surface area (Å²) in [5.74, 6) is 0.397. The van der Waals surface area contributed by atoms with Crippen molar-refractivity contribution in [1.82, 2.24) is 14.8 Å². The first-order valence-electron chi connectivity index (χ1n) is 10.5. The third kappa shape index (κ3) is 4.35. The first kappa shape index (κ1) is 20.0. The van der Waals surface area contributed by atoms with Crippen LogP contribution in [0.2, 0.25) is 5.02 Å². The fourth-order valence-electron chi connectivity index (χ4n) is 4.58. The standard InChI is InChI=1S/C23H28ClN3O2/c1-16-5-2-3-6-19(16)25-23(29)22-20-7-4-13-26(20)15-21(28)27(22)14-12-17-8-10-18(24)11-9-17/h4,7-11,13,16,19,22H,2-3,5-6,12,14-15H2,1H3,(H,25,29). The van der Waals surface area contributed by atoms with Crippen LogP contribution in [-0.2, 0) is 22.6 Å². The van der Waals surface area contributed by atoms with Crippen molar-refractivity contribution in [3.8, 4) is 0 Å². The minimum atomic E-state index is -0.576. The Labute approximate surface area is 177 Å². The molecule has 2 amide bonds. The number of nitrogens with one attached hydrogen (secondary N) is 1. The maximum absolute atomic E-state index is 13.3. The van der Waals surface area contributed by atoms with E-state index in [1.807, 2.05) is 47.2 Å². The predicted octanol–water partition coefficient (Wildman–Crippen LogP) is 3.96. The SMILES string of the molecule is CC1CCCCC1NC(=O)C1c2cccn2CC(=O)N1CCc1ccc(Cl)cc1. The van der Waals surface area contributed by atoms with Crippen molar-refractivity contribution in [1.29, 1.82) is 0 Å². The van der Waals surface area contributed by atoms with E-state index in [1.54, 1.807) is 4.90 Å². The number of rotatable bonds is 5. The molecule has 2 aromatic rings. The van der Waals surface area contributed by atoms with Crippen LogP contribution in [0.4, 0.5) is 0 Å². The highest BCUT2D eigenvalue weighted by Crippen LogP contribution is 2.29. The molecule has 0 saturated heterocycles. The summed E-state index contributed by atoms with van der Waals surface area (Å²) in [6.45, 7) is 2.99. The minimum Gasteiger partial charge on any atom is -0.351 e. The van der Waals surface area contributed by atoms with E-state index in [1.165, 1.54) is 6.42 Å². The number of benzene rings is 1. The van der Waals surface area contributed by atoms with Gasteiger partial charge in [-0.2, -0.15) is 0 Å². The van der Waals surface area contributed by atoms with Crippen LogP contribution in [-0.4, -0.2) is 33.9 Å². The zero-order valence-corrected chi connectivity index (χ0v) is 17.6. The zero-order chi connectivity index (χ0) is 20.4. The number of hydrogen-bond acceptors (Lipinski definition) is 2. The lowest BCUT2D eigenvalue weighted by Gasteiger charge is -2.38. The van der Waals surface area contributed by atoms with E-state index in [4.69, 9.17) is 11.6 Å². The summed E-state index contributed by atoms with van der Waals surface area (Å²) >= 11 is 5.98. The quantitative estimate of drug-likeness (QED) is 0.806. The Balaban J connectivity index is 1.54. The molecule has 154 valence electrons. The van der Waals surface area contributed by atoms with Crippen molar-refractivity contribution in [3.05, 3.63) is 58.9 Å². The van der Waals surface area contributed by atoms with E-state index in [0.717, 1.165) is 30.5 Å². The number of fused-ring (bicyclic) bond motifs is 1. The van der Waals surface area contributed by atoms with Crippen molar-refractivity contribution >= 4 is 23.4 Å². The van der Waals surface area contributed by atoms with E-state index in [9.17, 15) is 9.59 Å². The lowest BCUT2D eigenvalue weighted by Crippen LogP contribution is -2.52. The van der Waals surface area contributed by atoms with Crippen LogP contribution < -0.4 is 5.32 Å². The second kappa shape index (κ2) is 8.62. The van der Waals surface area contributed by atoms with Crippen molar-refractivity contribution in [2.24, 2.45) is 5.92 Å². The Bertz CT molecular complexity index is 877. The molecule has 5 nitrogen and oxygen atoms in total. The van der Waals surface area contributed by atoms with E-state index in [0.29, 0.717) is 23.9 Å². The molecule has 0 spiro atoms. The molecule has 1 aromatic carbocycles. The van der Waals surface area contributed by atoms with Gasteiger partial charge < -0.3 is 14.8 Å². The molecule has 1 fully saturated rings. The largest absolute Gasteiger partial charge is 0.351 e. The van der Waals surface area contributed by atoms with Crippen LogP contribution in [0.3, 0.4) is 0 Å². The van der Waals surface area contributed by atoms with Crippen LogP contribution in [0.5, 0.6) is 0 Å². The summed E-state index contributed by atoms with van der Waals surface area (Å²) in [5.41, 5.74) is 1.99. The molecule has 0 bridgehead atoms. The summed E-state index contributed by atoms with van der Waals surface area (Å²) in [5, 5.41) is 3.96. The van der Waals surface area contributed by atoms with Gasteiger partial charge in [0.15, 0.2) is 6.04 Å². The van der Waals surface area contributed by atoms with Gasteiger partial charge in [-0.05, 0) is 55.0 Å². The number of amides is 2. The summed E-state index contributed by atoms with van der Waals surface area (Å²) in [4.78, 5) is 28.0. The van der Waals surface area contributed by atoms with Gasteiger partial charge in [0.25, 0.3) is 0 Å². The van der Waals surface area contributed by atoms with Gasteiger partial charge in [-0.3, -0.25) is 9.59 Å². The number of aromatic nitrogens is 1. The third-order valence-corrected chi connectivity index (χ3v) is 6.58. The highest BCUT2D eigenvalue weighted by molar-refractivity contribution is 6.30. The molecule has 2 heterocycles. The number of hydrogen-bond donors (Lipinski definition) is 1. The highest BCUT2D eigenvalue weighted by Gasteiger charge is 2.38. The highest BCUT2D eigenvalue weighted by atomic mass is 35.5. The molecule has 3 atom stereocenters. The van der Waals surface area contributed by atoms with Crippen LogP contribution in [0.25, 0.3) is 0 Å². The van der Waals surface area contributed by atoms with Crippen molar-refractivity contribution in [2.45, 2.75) is 57.7 Å². The van der Waals surface area contributed by atoms with E-state index >= 15 is 0 Å². The van der Waals surface area contributed by atoms with E-state index < -0.39 is 6.04 Å². The van der Waals surface area contributed by atoms with Crippen molar-refractivity contribution in [3.63, 3.8) is 0 Å². The zero-order valence-electron chi connectivity index (χ0n) is 16.8. The monoisotopic (exact) mass is 413 g/mol. The summed E-state index contributed by atoms with van der Waals surface area (Å²) in [7, 11) is 0. The number of carbonyl (C=O) groups excluding carboxylic acids is 2. The molecule has 29 heavy (non-hydrogen) atoms. The second-order valence-corrected chi connectivity index (χ2v) is 8.74.